The second-order valence-corrected chi connectivity index (χ2v) is 4.20. The van der Waals surface area contributed by atoms with Gasteiger partial charge in [-0.1, -0.05) is 39.7 Å². The van der Waals surface area contributed by atoms with E-state index in [1.807, 2.05) is 12.2 Å². The Morgan fingerprint density at radius 3 is 2.86 bits per heavy atom. The van der Waals surface area contributed by atoms with Gasteiger partial charge >= 0.3 is 0 Å². The number of aryl methyl sites for hydroxylation is 1. The van der Waals surface area contributed by atoms with Crippen LogP contribution in [0.4, 0.5) is 4.39 Å². The number of rotatable bonds is 3. The van der Waals surface area contributed by atoms with Gasteiger partial charge in [-0.25, -0.2) is 4.39 Å². The van der Waals surface area contributed by atoms with Gasteiger partial charge in [-0.2, -0.15) is 0 Å². The van der Waals surface area contributed by atoms with E-state index in [0.717, 1.165) is 17.3 Å². The minimum atomic E-state index is -0.215. The molecule has 3 heteroatoms. The predicted molar refractivity (Wildman–Crippen MR) is 63.6 cm³/mol. The summed E-state index contributed by atoms with van der Waals surface area (Å²) in [6, 6.07) is 3.10. The van der Waals surface area contributed by atoms with Gasteiger partial charge in [0.05, 0.1) is 0 Å². The molecule has 0 bridgehead atoms. The Morgan fingerprint density at radius 1 is 1.50 bits per heavy atom. The highest BCUT2D eigenvalue weighted by atomic mass is 79.9. The summed E-state index contributed by atoms with van der Waals surface area (Å²) in [6.07, 6.45) is 4.71. The van der Waals surface area contributed by atoms with Crippen molar-refractivity contribution in [1.29, 1.82) is 0 Å². The minimum Gasteiger partial charge on any atom is -0.207 e. The molecule has 0 N–H and O–H groups in total. The Morgan fingerprint density at radius 2 is 2.21 bits per heavy atom. The first-order chi connectivity index (χ1) is 6.65. The van der Waals surface area contributed by atoms with Crippen molar-refractivity contribution in [3.8, 4) is 0 Å². The third kappa shape index (κ3) is 3.10. The molecule has 1 rings (SSSR count). The molecule has 0 saturated heterocycles. The number of alkyl halides is 1. The lowest BCUT2D eigenvalue weighted by molar-refractivity contribution is 0.618. The maximum atomic E-state index is 13.2. The van der Waals surface area contributed by atoms with Crippen molar-refractivity contribution in [2.24, 2.45) is 0 Å². The van der Waals surface area contributed by atoms with Gasteiger partial charge in [0.25, 0.3) is 0 Å². The van der Waals surface area contributed by atoms with Gasteiger partial charge in [0.15, 0.2) is 0 Å². The molecule has 0 spiro atoms. The summed E-state index contributed by atoms with van der Waals surface area (Å²) in [5.74, 6) is -0.215. The first-order valence-electron chi connectivity index (χ1n) is 4.33. The monoisotopic (exact) mass is 276 g/mol. The van der Waals surface area contributed by atoms with Crippen LogP contribution in [-0.2, 0) is 0 Å². The van der Waals surface area contributed by atoms with Gasteiger partial charge in [-0.05, 0) is 36.6 Å². The molecule has 0 aromatic heterocycles. The number of benzene rings is 1. The molecule has 0 fully saturated rings. The maximum Gasteiger partial charge on any atom is 0.126 e. The molecule has 0 amide bonds. The van der Waals surface area contributed by atoms with Crippen LogP contribution in [0.3, 0.4) is 0 Å². The molecule has 14 heavy (non-hydrogen) atoms. The van der Waals surface area contributed by atoms with E-state index in [1.165, 1.54) is 6.07 Å². The lowest BCUT2D eigenvalue weighted by atomic mass is 10.1. The van der Waals surface area contributed by atoms with Crippen LogP contribution < -0.4 is 0 Å². The summed E-state index contributed by atoms with van der Waals surface area (Å²) in [7, 11) is 0. The molecule has 1 aromatic rings. The smallest absolute Gasteiger partial charge is 0.126 e. The maximum absolute atomic E-state index is 13.2. The predicted octanol–water partition coefficient (Wildman–Crippen LogP) is 4.59. The van der Waals surface area contributed by atoms with Gasteiger partial charge in [0.1, 0.15) is 5.82 Å². The van der Waals surface area contributed by atoms with E-state index < -0.39 is 0 Å². The first-order valence-corrected chi connectivity index (χ1v) is 5.83. The van der Waals surface area contributed by atoms with Crippen LogP contribution in [0.15, 0.2) is 18.2 Å². The zero-order chi connectivity index (χ0) is 10.6. The van der Waals surface area contributed by atoms with Crippen LogP contribution in [0.5, 0.6) is 0 Å². The van der Waals surface area contributed by atoms with Crippen LogP contribution in [0, 0.1) is 12.7 Å². The van der Waals surface area contributed by atoms with Crippen LogP contribution >= 0.6 is 27.5 Å². The minimum absolute atomic E-state index is 0.215. The number of allylic oxidation sites excluding steroid dienone is 1. The highest BCUT2D eigenvalue weighted by Crippen LogP contribution is 2.21. The molecule has 1 aromatic carbocycles. The average molecular weight is 278 g/mol. The quantitative estimate of drug-likeness (QED) is 0.709. The summed E-state index contributed by atoms with van der Waals surface area (Å²) in [5, 5.41) is 1.49. The largest absolute Gasteiger partial charge is 0.207 e. The Kier molecular flexibility index (Phi) is 4.63. The average Bonchev–Trinajstić information content (AvgIpc) is 2.14. The van der Waals surface area contributed by atoms with Gasteiger partial charge in [-0.15, -0.1) is 0 Å². The van der Waals surface area contributed by atoms with Gasteiger partial charge < -0.3 is 0 Å². The van der Waals surface area contributed by atoms with E-state index in [-0.39, 0.29) is 5.82 Å². The molecule has 0 aliphatic carbocycles. The van der Waals surface area contributed by atoms with Crippen molar-refractivity contribution in [3.05, 3.63) is 40.2 Å². The zero-order valence-electron chi connectivity index (χ0n) is 7.86. The summed E-state index contributed by atoms with van der Waals surface area (Å²) in [4.78, 5) is 0. The Bertz CT molecular complexity index is 347. The van der Waals surface area contributed by atoms with Crippen LogP contribution in [0.25, 0.3) is 6.08 Å². The second kappa shape index (κ2) is 5.52. The second-order valence-electron chi connectivity index (χ2n) is 3.00. The molecule has 0 radical (unpaired) electrons. The van der Waals surface area contributed by atoms with Crippen molar-refractivity contribution in [2.45, 2.75) is 13.3 Å². The van der Waals surface area contributed by atoms with Crippen molar-refractivity contribution < 1.29 is 4.39 Å². The molecule has 0 aliphatic rings. The molecular weight excluding hydrogens is 266 g/mol. The normalized spacial score (nSPS) is 11.1. The summed E-state index contributed by atoms with van der Waals surface area (Å²) in [6.45, 7) is 1.70. The molecule has 0 unspecified atom stereocenters. The summed E-state index contributed by atoms with van der Waals surface area (Å²) < 4.78 is 13.2. The van der Waals surface area contributed by atoms with Crippen molar-refractivity contribution in [3.63, 3.8) is 0 Å². The number of hydrogen-bond acceptors (Lipinski definition) is 0. The van der Waals surface area contributed by atoms with E-state index in [9.17, 15) is 4.39 Å². The summed E-state index contributed by atoms with van der Waals surface area (Å²) in [5.41, 5.74) is 1.31. The Hall–Kier alpha value is -0.340. The Labute approximate surface area is 96.9 Å². The van der Waals surface area contributed by atoms with E-state index >= 15 is 0 Å². The third-order valence-corrected chi connectivity index (χ3v) is 2.64. The standard InChI is InChI=1S/C11H11BrClF/c1-8-6-10(13)9(7-11(8)14)4-2-3-5-12/h2,4,6-7H,3,5H2,1H3. The van der Waals surface area contributed by atoms with Crippen LogP contribution in [0.2, 0.25) is 5.02 Å². The van der Waals surface area contributed by atoms with E-state index in [4.69, 9.17) is 11.6 Å². The van der Waals surface area contributed by atoms with Crippen molar-refractivity contribution >= 4 is 33.6 Å². The first kappa shape index (κ1) is 11.7. The molecular formula is C11H11BrClF. The fraction of sp³-hybridized carbons (Fsp3) is 0.273. The molecule has 0 atom stereocenters. The van der Waals surface area contributed by atoms with Gasteiger partial charge in [0, 0.05) is 10.4 Å². The molecule has 76 valence electrons. The SMILES string of the molecule is Cc1cc(Cl)c(C=CCCBr)cc1F. The highest BCUT2D eigenvalue weighted by Gasteiger charge is 2.02. The lowest BCUT2D eigenvalue weighted by Crippen LogP contribution is -1.85. The number of hydrogen-bond donors (Lipinski definition) is 0. The third-order valence-electron chi connectivity index (χ3n) is 1.85. The highest BCUT2D eigenvalue weighted by molar-refractivity contribution is 9.09. The van der Waals surface area contributed by atoms with Crippen molar-refractivity contribution in [1.82, 2.24) is 0 Å². The fourth-order valence-electron chi connectivity index (χ4n) is 1.06. The van der Waals surface area contributed by atoms with Gasteiger partial charge in [-0.3, -0.25) is 0 Å². The summed E-state index contributed by atoms with van der Waals surface area (Å²) >= 11 is 9.26. The van der Waals surface area contributed by atoms with E-state index in [1.54, 1.807) is 13.0 Å². The van der Waals surface area contributed by atoms with E-state index in [0.29, 0.717) is 10.6 Å². The topological polar surface area (TPSA) is 0 Å². The van der Waals surface area contributed by atoms with Gasteiger partial charge in [0.2, 0.25) is 0 Å². The molecule has 0 aliphatic heterocycles. The molecule has 0 heterocycles. The Balaban J connectivity index is 2.92. The molecule has 0 nitrogen and oxygen atoms in total. The fourth-order valence-corrected chi connectivity index (χ4v) is 1.61. The lowest BCUT2D eigenvalue weighted by Gasteiger charge is -2.01. The van der Waals surface area contributed by atoms with E-state index in [2.05, 4.69) is 15.9 Å². The van der Waals surface area contributed by atoms with Crippen LogP contribution in [0.1, 0.15) is 17.5 Å². The van der Waals surface area contributed by atoms with Crippen LogP contribution in [-0.4, -0.2) is 5.33 Å². The zero-order valence-corrected chi connectivity index (χ0v) is 10.2. The molecule has 0 saturated carbocycles. The number of halogens is 3. The van der Waals surface area contributed by atoms with Crippen molar-refractivity contribution in [2.75, 3.05) is 5.33 Å².